The molecule has 1 aromatic heterocycles. The lowest BCUT2D eigenvalue weighted by atomic mass is 9.98. The predicted molar refractivity (Wildman–Crippen MR) is 110 cm³/mol. The fourth-order valence-electron chi connectivity index (χ4n) is 3.08. The highest BCUT2D eigenvalue weighted by molar-refractivity contribution is 6.17. The van der Waals surface area contributed by atoms with Gasteiger partial charge < -0.3 is 4.90 Å². The zero-order valence-electron chi connectivity index (χ0n) is 15.0. The van der Waals surface area contributed by atoms with Crippen molar-refractivity contribution in [2.24, 2.45) is 0 Å². The summed E-state index contributed by atoms with van der Waals surface area (Å²) in [5.41, 5.74) is 2.73. The molecule has 0 amide bonds. The molecule has 3 aromatic rings. The summed E-state index contributed by atoms with van der Waals surface area (Å²) in [5.74, 6) is 0.651. The number of benzene rings is 2. The van der Waals surface area contributed by atoms with E-state index in [1.807, 2.05) is 36.4 Å². The molecule has 0 bridgehead atoms. The minimum Gasteiger partial charge on any atom is -0.320 e. The average molecular weight is 396 g/mol. The van der Waals surface area contributed by atoms with Gasteiger partial charge in [0.2, 0.25) is 5.82 Å². The van der Waals surface area contributed by atoms with Crippen molar-refractivity contribution in [1.82, 2.24) is 4.98 Å². The number of nitro groups is 1. The number of aromatic nitrogens is 1. The van der Waals surface area contributed by atoms with Gasteiger partial charge in [0.15, 0.2) is 6.29 Å². The number of carbonyl (C=O) groups excluding carboxylic acids is 1. The average Bonchev–Trinajstić information content (AvgIpc) is 2.74. The molecule has 0 aliphatic rings. The molecule has 28 heavy (non-hydrogen) atoms. The molecule has 0 saturated heterocycles. The van der Waals surface area contributed by atoms with Crippen molar-refractivity contribution >= 4 is 35.1 Å². The lowest BCUT2D eigenvalue weighted by molar-refractivity contribution is -0.384. The lowest BCUT2D eigenvalue weighted by Crippen LogP contribution is -2.22. The molecular weight excluding hydrogens is 378 g/mol. The van der Waals surface area contributed by atoms with E-state index < -0.39 is 4.92 Å². The maximum absolute atomic E-state index is 11.6. The summed E-state index contributed by atoms with van der Waals surface area (Å²) in [4.78, 5) is 28.7. The van der Waals surface area contributed by atoms with Crippen LogP contribution in [0.4, 0.5) is 17.2 Å². The molecule has 3 rings (SSSR count). The van der Waals surface area contributed by atoms with Crippen molar-refractivity contribution in [3.05, 3.63) is 82.5 Å². The first-order valence-electron chi connectivity index (χ1n) is 8.74. The first-order valence-corrected chi connectivity index (χ1v) is 9.27. The third kappa shape index (κ3) is 4.02. The first kappa shape index (κ1) is 19.5. The van der Waals surface area contributed by atoms with Crippen molar-refractivity contribution in [2.75, 3.05) is 17.3 Å². The van der Waals surface area contributed by atoms with Gasteiger partial charge in [0, 0.05) is 35.8 Å². The molecule has 0 aliphatic heterocycles. The van der Waals surface area contributed by atoms with Gasteiger partial charge in [0.05, 0.1) is 10.6 Å². The number of para-hydroxylation sites is 1. The number of pyridine rings is 1. The Morgan fingerprint density at radius 1 is 1.04 bits per heavy atom. The predicted octanol–water partition coefficient (Wildman–Crippen LogP) is 5.24. The Morgan fingerprint density at radius 3 is 2.46 bits per heavy atom. The van der Waals surface area contributed by atoms with Crippen molar-refractivity contribution in [3.63, 3.8) is 0 Å². The van der Waals surface area contributed by atoms with Gasteiger partial charge in [0.25, 0.3) is 0 Å². The highest BCUT2D eigenvalue weighted by atomic mass is 35.5. The molecule has 7 heteroatoms. The topological polar surface area (TPSA) is 76.3 Å². The molecular formula is C21H18ClN3O3. The van der Waals surface area contributed by atoms with Crippen LogP contribution in [-0.2, 0) is 0 Å². The van der Waals surface area contributed by atoms with Gasteiger partial charge in [-0.05, 0) is 24.1 Å². The van der Waals surface area contributed by atoms with E-state index in [1.165, 1.54) is 18.3 Å². The Kier molecular flexibility index (Phi) is 6.34. The normalized spacial score (nSPS) is 10.5. The highest BCUT2D eigenvalue weighted by Gasteiger charge is 2.24. The van der Waals surface area contributed by atoms with Crippen LogP contribution in [-0.4, -0.2) is 28.6 Å². The van der Waals surface area contributed by atoms with Crippen molar-refractivity contribution < 1.29 is 9.72 Å². The molecule has 0 atom stereocenters. The van der Waals surface area contributed by atoms with Gasteiger partial charge in [-0.3, -0.25) is 14.9 Å². The van der Waals surface area contributed by atoms with Crippen LogP contribution in [0.25, 0.3) is 11.1 Å². The van der Waals surface area contributed by atoms with E-state index in [4.69, 9.17) is 11.6 Å². The van der Waals surface area contributed by atoms with Crippen LogP contribution in [0.3, 0.4) is 0 Å². The highest BCUT2D eigenvalue weighted by Crippen LogP contribution is 2.38. The van der Waals surface area contributed by atoms with Crippen molar-refractivity contribution in [3.8, 4) is 11.1 Å². The molecule has 0 radical (unpaired) electrons. The number of aldehydes is 1. The molecule has 1 heterocycles. The van der Waals surface area contributed by atoms with E-state index in [9.17, 15) is 14.9 Å². The van der Waals surface area contributed by atoms with E-state index in [0.717, 1.165) is 23.1 Å². The second kappa shape index (κ2) is 9.10. The quantitative estimate of drug-likeness (QED) is 0.226. The molecule has 0 fully saturated rings. The molecule has 142 valence electrons. The number of anilines is 2. The van der Waals surface area contributed by atoms with Crippen LogP contribution in [0, 0.1) is 10.1 Å². The van der Waals surface area contributed by atoms with Crippen LogP contribution >= 0.6 is 11.6 Å². The maximum atomic E-state index is 11.6. The Bertz CT molecular complexity index is 994. The molecule has 6 nitrogen and oxygen atoms in total. The second-order valence-corrected chi connectivity index (χ2v) is 6.40. The summed E-state index contributed by atoms with van der Waals surface area (Å²) in [6.45, 7) is 0.446. The minimum atomic E-state index is -0.446. The molecule has 0 N–H and O–H groups in total. The van der Waals surface area contributed by atoms with Crippen molar-refractivity contribution in [1.29, 1.82) is 0 Å². The van der Waals surface area contributed by atoms with Gasteiger partial charge in [0.1, 0.15) is 0 Å². The standard InChI is InChI=1S/C21H18ClN3O3/c22-12-6-14-24(21-20(25(27)28)11-5-13-23-21)19-10-4-3-9-18(19)17-8-2-1-7-16(17)15-26/h1-5,7-11,13,15H,6,12,14H2. The molecule has 0 saturated carbocycles. The summed E-state index contributed by atoms with van der Waals surface area (Å²) in [6, 6.07) is 17.7. The Morgan fingerprint density at radius 2 is 1.75 bits per heavy atom. The summed E-state index contributed by atoms with van der Waals surface area (Å²) in [7, 11) is 0. The molecule has 0 unspecified atom stereocenters. The van der Waals surface area contributed by atoms with Crippen LogP contribution in [0.5, 0.6) is 0 Å². The van der Waals surface area contributed by atoms with Gasteiger partial charge in [-0.25, -0.2) is 4.98 Å². The molecule has 2 aromatic carbocycles. The third-order valence-corrected chi connectivity index (χ3v) is 4.57. The van der Waals surface area contributed by atoms with Crippen LogP contribution in [0.1, 0.15) is 16.8 Å². The number of halogens is 1. The first-order chi connectivity index (χ1) is 13.7. The number of alkyl halides is 1. The summed E-state index contributed by atoms with van der Waals surface area (Å²) in [5, 5.41) is 11.6. The SMILES string of the molecule is O=Cc1ccccc1-c1ccccc1N(CCCCl)c1ncccc1[N+](=O)[O-]. The third-order valence-electron chi connectivity index (χ3n) is 4.31. The fraction of sp³-hybridized carbons (Fsp3) is 0.143. The fourth-order valence-corrected chi connectivity index (χ4v) is 3.20. The van der Waals surface area contributed by atoms with Crippen molar-refractivity contribution in [2.45, 2.75) is 6.42 Å². The van der Waals surface area contributed by atoms with Crippen LogP contribution in [0.2, 0.25) is 0 Å². The maximum Gasteiger partial charge on any atom is 0.311 e. The van der Waals surface area contributed by atoms with Gasteiger partial charge >= 0.3 is 5.69 Å². The van der Waals surface area contributed by atoms with E-state index in [2.05, 4.69) is 4.98 Å². The van der Waals surface area contributed by atoms with E-state index in [-0.39, 0.29) is 11.5 Å². The Balaban J connectivity index is 2.21. The van der Waals surface area contributed by atoms with E-state index in [1.54, 1.807) is 17.0 Å². The van der Waals surface area contributed by atoms with Gasteiger partial charge in [-0.15, -0.1) is 11.6 Å². The number of nitrogens with zero attached hydrogens (tertiary/aromatic N) is 3. The van der Waals surface area contributed by atoms with E-state index >= 15 is 0 Å². The largest absolute Gasteiger partial charge is 0.320 e. The molecule has 0 aliphatic carbocycles. The summed E-state index contributed by atoms with van der Waals surface area (Å²) in [6.07, 6.45) is 2.94. The Hall–Kier alpha value is -3.25. The minimum absolute atomic E-state index is 0.0875. The zero-order valence-corrected chi connectivity index (χ0v) is 15.7. The monoisotopic (exact) mass is 395 g/mol. The van der Waals surface area contributed by atoms with E-state index in [0.29, 0.717) is 24.4 Å². The number of hydrogen-bond donors (Lipinski definition) is 0. The van der Waals surface area contributed by atoms with Gasteiger partial charge in [-0.1, -0.05) is 42.5 Å². The molecule has 0 spiro atoms. The number of carbonyl (C=O) groups is 1. The Labute approximate surface area is 167 Å². The van der Waals surface area contributed by atoms with Gasteiger partial charge in [-0.2, -0.15) is 0 Å². The van der Waals surface area contributed by atoms with Crippen LogP contribution < -0.4 is 4.90 Å². The summed E-state index contributed by atoms with van der Waals surface area (Å²) >= 11 is 5.90. The number of hydrogen-bond acceptors (Lipinski definition) is 5. The number of rotatable bonds is 8. The zero-order chi connectivity index (χ0) is 19.9. The second-order valence-electron chi connectivity index (χ2n) is 6.02. The van der Waals surface area contributed by atoms with Crippen LogP contribution in [0.15, 0.2) is 66.9 Å². The summed E-state index contributed by atoms with van der Waals surface area (Å²) < 4.78 is 0. The lowest BCUT2D eigenvalue weighted by Gasteiger charge is -2.26. The smallest absolute Gasteiger partial charge is 0.311 e.